The predicted molar refractivity (Wildman–Crippen MR) is 80.7 cm³/mol. The van der Waals surface area contributed by atoms with Crippen LogP contribution >= 0.6 is 0 Å². The van der Waals surface area contributed by atoms with Crippen molar-refractivity contribution >= 4 is 17.2 Å². The molecular formula is C16H15N3O2. The van der Waals surface area contributed by atoms with Gasteiger partial charge in [-0.15, -0.1) is 0 Å². The fourth-order valence-corrected chi connectivity index (χ4v) is 2.32. The number of phenols is 1. The molecule has 0 aliphatic carbocycles. The predicted octanol–water partition coefficient (Wildman–Crippen LogP) is 2.91. The lowest BCUT2D eigenvalue weighted by Crippen LogP contribution is -2.15. The zero-order valence-corrected chi connectivity index (χ0v) is 11.8. The van der Waals surface area contributed by atoms with E-state index in [0.29, 0.717) is 22.7 Å². The number of anilines is 1. The molecule has 0 spiro atoms. The maximum Gasteiger partial charge on any atom is 0.274 e. The topological polar surface area (TPSA) is 66.6 Å². The number of aryl methyl sites for hydroxylation is 2. The molecule has 0 saturated carbocycles. The summed E-state index contributed by atoms with van der Waals surface area (Å²) < 4.78 is 1.73. The van der Waals surface area contributed by atoms with Crippen molar-refractivity contribution in [2.45, 2.75) is 13.8 Å². The van der Waals surface area contributed by atoms with Gasteiger partial charge in [0.05, 0.1) is 11.4 Å². The fraction of sp³-hybridized carbons (Fsp3) is 0.125. The number of pyridine rings is 1. The maximum atomic E-state index is 12.5. The molecule has 0 aliphatic heterocycles. The van der Waals surface area contributed by atoms with Gasteiger partial charge in [0.15, 0.2) is 0 Å². The number of hydrogen-bond acceptors (Lipinski definition) is 3. The maximum absolute atomic E-state index is 12.5. The van der Waals surface area contributed by atoms with Gasteiger partial charge in [0.1, 0.15) is 17.1 Å². The summed E-state index contributed by atoms with van der Waals surface area (Å²) in [6.45, 7) is 3.69. The van der Waals surface area contributed by atoms with Gasteiger partial charge >= 0.3 is 0 Å². The highest BCUT2D eigenvalue weighted by atomic mass is 16.3. The Morgan fingerprint density at radius 1 is 1.24 bits per heavy atom. The number of nitrogens with zero attached hydrogens (tertiary/aromatic N) is 2. The Labute approximate surface area is 121 Å². The van der Waals surface area contributed by atoms with Gasteiger partial charge in [-0.05, 0) is 43.7 Å². The molecule has 106 valence electrons. The summed E-state index contributed by atoms with van der Waals surface area (Å²) in [4.78, 5) is 16.8. The first-order valence-corrected chi connectivity index (χ1v) is 6.61. The van der Waals surface area contributed by atoms with Crippen molar-refractivity contribution in [3.8, 4) is 5.75 Å². The van der Waals surface area contributed by atoms with Gasteiger partial charge in [-0.2, -0.15) is 0 Å². The normalized spacial score (nSPS) is 10.8. The lowest BCUT2D eigenvalue weighted by atomic mass is 10.2. The molecule has 21 heavy (non-hydrogen) atoms. The molecule has 3 rings (SSSR count). The van der Waals surface area contributed by atoms with Gasteiger partial charge in [-0.3, -0.25) is 9.20 Å². The molecule has 0 atom stereocenters. The van der Waals surface area contributed by atoms with E-state index < -0.39 is 0 Å². The van der Waals surface area contributed by atoms with Crippen LogP contribution < -0.4 is 5.32 Å². The molecule has 3 aromatic rings. The van der Waals surface area contributed by atoms with Crippen LogP contribution in [0.3, 0.4) is 0 Å². The minimum absolute atomic E-state index is 0.0421. The molecule has 0 radical (unpaired) electrons. The first-order chi connectivity index (χ1) is 10.1. The summed E-state index contributed by atoms with van der Waals surface area (Å²) in [6.07, 6.45) is 1.79. The van der Waals surface area contributed by atoms with Crippen LogP contribution in [0.25, 0.3) is 5.65 Å². The molecule has 2 aromatic heterocycles. The molecule has 0 aliphatic rings. The summed E-state index contributed by atoms with van der Waals surface area (Å²) in [6, 6.07) is 10.6. The molecule has 2 N–H and O–H groups in total. The summed E-state index contributed by atoms with van der Waals surface area (Å²) >= 11 is 0. The Kier molecular flexibility index (Phi) is 3.10. The Morgan fingerprint density at radius 2 is 2.05 bits per heavy atom. The van der Waals surface area contributed by atoms with Crippen LogP contribution in [0.4, 0.5) is 5.69 Å². The smallest absolute Gasteiger partial charge is 0.274 e. The second-order valence-corrected chi connectivity index (χ2v) is 4.95. The van der Waals surface area contributed by atoms with Crippen molar-refractivity contribution in [2.24, 2.45) is 0 Å². The van der Waals surface area contributed by atoms with Crippen LogP contribution in [0.2, 0.25) is 0 Å². The van der Waals surface area contributed by atoms with E-state index in [0.717, 1.165) is 5.56 Å². The van der Waals surface area contributed by atoms with E-state index >= 15 is 0 Å². The van der Waals surface area contributed by atoms with Crippen molar-refractivity contribution in [1.29, 1.82) is 0 Å². The number of rotatable bonds is 2. The van der Waals surface area contributed by atoms with E-state index in [1.807, 2.05) is 25.1 Å². The number of imidazole rings is 1. The highest BCUT2D eigenvalue weighted by molar-refractivity contribution is 6.05. The van der Waals surface area contributed by atoms with Gasteiger partial charge < -0.3 is 10.4 Å². The van der Waals surface area contributed by atoms with Crippen LogP contribution in [-0.4, -0.2) is 20.4 Å². The van der Waals surface area contributed by atoms with Gasteiger partial charge in [0.25, 0.3) is 5.91 Å². The Balaban J connectivity index is 2.01. The lowest BCUT2D eigenvalue weighted by molar-refractivity contribution is 0.102. The molecule has 0 unspecified atom stereocenters. The number of benzene rings is 1. The first kappa shape index (κ1) is 13.2. The highest BCUT2D eigenvalue weighted by Crippen LogP contribution is 2.25. The van der Waals surface area contributed by atoms with E-state index in [1.165, 1.54) is 0 Å². The van der Waals surface area contributed by atoms with Crippen molar-refractivity contribution < 1.29 is 9.90 Å². The van der Waals surface area contributed by atoms with E-state index in [4.69, 9.17) is 0 Å². The zero-order valence-electron chi connectivity index (χ0n) is 11.8. The second-order valence-electron chi connectivity index (χ2n) is 4.95. The molecular weight excluding hydrogens is 266 g/mol. The monoisotopic (exact) mass is 281 g/mol. The van der Waals surface area contributed by atoms with Crippen molar-refractivity contribution in [3.05, 3.63) is 59.5 Å². The second kappa shape index (κ2) is 4.94. The van der Waals surface area contributed by atoms with Crippen molar-refractivity contribution in [3.63, 3.8) is 0 Å². The third-order valence-electron chi connectivity index (χ3n) is 3.32. The minimum Gasteiger partial charge on any atom is -0.506 e. The summed E-state index contributed by atoms with van der Waals surface area (Å²) in [5.74, 6) is -0.257. The van der Waals surface area contributed by atoms with E-state index in [9.17, 15) is 9.90 Å². The number of hydrogen-bond donors (Lipinski definition) is 2. The first-order valence-electron chi connectivity index (χ1n) is 6.61. The van der Waals surface area contributed by atoms with Crippen LogP contribution in [0, 0.1) is 13.8 Å². The SMILES string of the molecule is Cc1ccc(O)c(NC(=O)c2c(C)nc3ccccn23)c1. The molecule has 5 nitrogen and oxygen atoms in total. The molecule has 1 amide bonds. The Hall–Kier alpha value is -2.82. The molecule has 0 bridgehead atoms. The van der Waals surface area contributed by atoms with Gasteiger partial charge in [0.2, 0.25) is 0 Å². The number of amides is 1. The Morgan fingerprint density at radius 3 is 2.86 bits per heavy atom. The number of carbonyl (C=O) groups excluding carboxylic acids is 1. The van der Waals surface area contributed by atoms with E-state index in [-0.39, 0.29) is 11.7 Å². The standard InChI is InChI=1S/C16H15N3O2/c1-10-6-7-13(20)12(9-10)18-16(21)15-11(2)17-14-5-3-4-8-19(14)15/h3-9,20H,1-2H3,(H,18,21). The number of carbonyl (C=O) groups is 1. The number of phenolic OH excluding ortho intramolecular Hbond substituents is 1. The summed E-state index contributed by atoms with van der Waals surface area (Å²) in [7, 11) is 0. The van der Waals surface area contributed by atoms with Crippen LogP contribution in [0.1, 0.15) is 21.7 Å². The van der Waals surface area contributed by atoms with Crippen LogP contribution in [-0.2, 0) is 0 Å². The van der Waals surface area contributed by atoms with Gasteiger partial charge in [0, 0.05) is 6.20 Å². The third-order valence-corrected chi connectivity index (χ3v) is 3.32. The Bertz CT molecular complexity index is 837. The van der Waals surface area contributed by atoms with Gasteiger partial charge in [-0.25, -0.2) is 4.98 Å². The number of nitrogens with one attached hydrogen (secondary N) is 1. The van der Waals surface area contributed by atoms with Crippen molar-refractivity contribution in [2.75, 3.05) is 5.32 Å². The third kappa shape index (κ3) is 2.33. The van der Waals surface area contributed by atoms with Crippen molar-refractivity contribution in [1.82, 2.24) is 9.38 Å². The largest absolute Gasteiger partial charge is 0.506 e. The molecule has 2 heterocycles. The number of fused-ring (bicyclic) bond motifs is 1. The molecule has 1 aromatic carbocycles. The zero-order chi connectivity index (χ0) is 15.0. The lowest BCUT2D eigenvalue weighted by Gasteiger charge is -2.08. The summed E-state index contributed by atoms with van der Waals surface area (Å²) in [5, 5.41) is 12.6. The average Bonchev–Trinajstić information content (AvgIpc) is 2.78. The number of aromatic nitrogens is 2. The van der Waals surface area contributed by atoms with Crippen LogP contribution in [0.5, 0.6) is 5.75 Å². The minimum atomic E-state index is -0.299. The summed E-state index contributed by atoms with van der Waals surface area (Å²) in [5.41, 5.74) is 3.18. The highest BCUT2D eigenvalue weighted by Gasteiger charge is 2.17. The van der Waals surface area contributed by atoms with Gasteiger partial charge in [-0.1, -0.05) is 12.1 Å². The number of aromatic hydroxyl groups is 1. The fourth-order valence-electron chi connectivity index (χ4n) is 2.32. The van der Waals surface area contributed by atoms with E-state index in [1.54, 1.807) is 35.7 Å². The van der Waals surface area contributed by atoms with E-state index in [2.05, 4.69) is 10.3 Å². The quantitative estimate of drug-likeness (QED) is 0.710. The van der Waals surface area contributed by atoms with Crippen LogP contribution in [0.15, 0.2) is 42.6 Å². The average molecular weight is 281 g/mol. The molecule has 0 saturated heterocycles. The molecule has 0 fully saturated rings. The molecule has 5 heteroatoms.